The monoisotopic (exact) mass is 537 g/mol. The third-order valence-corrected chi connectivity index (χ3v) is 8.18. The third-order valence-electron chi connectivity index (χ3n) is 8.18. The molecule has 1 aliphatic heterocycles. The Hall–Kier alpha value is -2.81. The molecule has 204 valence electrons. The van der Waals surface area contributed by atoms with E-state index in [4.69, 9.17) is 4.74 Å². The molecule has 1 heterocycles. The number of alkyl halides is 6. The van der Waals surface area contributed by atoms with Crippen LogP contribution in [-0.4, -0.2) is 29.9 Å². The fourth-order valence-electron chi connectivity index (χ4n) is 6.35. The molecule has 3 aliphatic rings. The first-order chi connectivity index (χ1) is 17.9. The number of rotatable bonds is 5. The van der Waals surface area contributed by atoms with Crippen LogP contribution in [0.1, 0.15) is 66.9 Å². The first kappa shape index (κ1) is 26.8. The summed E-state index contributed by atoms with van der Waals surface area (Å²) in [6, 6.07) is 11.4. The molecule has 2 aromatic carbocycles. The summed E-state index contributed by atoms with van der Waals surface area (Å²) in [5, 5.41) is 0. The Morgan fingerprint density at radius 2 is 1.55 bits per heavy atom. The van der Waals surface area contributed by atoms with Gasteiger partial charge in [-0.1, -0.05) is 30.3 Å². The summed E-state index contributed by atoms with van der Waals surface area (Å²) in [7, 11) is 0. The van der Waals surface area contributed by atoms with Gasteiger partial charge in [-0.2, -0.15) is 26.3 Å². The molecule has 5 atom stereocenters. The average Bonchev–Trinajstić information content (AvgIpc) is 3.49. The van der Waals surface area contributed by atoms with E-state index in [-0.39, 0.29) is 35.4 Å². The number of carbonyl (C=O) groups is 1. The smallest absolute Gasteiger partial charge is 0.374 e. The predicted molar refractivity (Wildman–Crippen MR) is 129 cm³/mol. The summed E-state index contributed by atoms with van der Waals surface area (Å²) in [5.41, 5.74) is -0.744. The van der Waals surface area contributed by atoms with Gasteiger partial charge in [0.1, 0.15) is 0 Å². The number of ketones is 1. The molecule has 2 aliphatic carbocycles. The lowest BCUT2D eigenvalue weighted by Gasteiger charge is -2.41. The van der Waals surface area contributed by atoms with Crippen LogP contribution in [-0.2, 0) is 21.9 Å². The maximum atomic E-state index is 13.4. The van der Waals surface area contributed by atoms with E-state index in [1.165, 1.54) is 6.92 Å². The molecule has 3 nitrogen and oxygen atoms in total. The van der Waals surface area contributed by atoms with E-state index in [0.717, 1.165) is 49.3 Å². The molecule has 0 N–H and O–H groups in total. The van der Waals surface area contributed by atoms with Crippen molar-refractivity contribution >= 4 is 5.78 Å². The van der Waals surface area contributed by atoms with Crippen LogP contribution in [0, 0.1) is 11.8 Å². The molecule has 0 spiro atoms. The van der Waals surface area contributed by atoms with Crippen LogP contribution in [0.5, 0.6) is 0 Å². The van der Waals surface area contributed by atoms with E-state index in [1.54, 1.807) is 6.08 Å². The van der Waals surface area contributed by atoms with Crippen molar-refractivity contribution in [2.24, 2.45) is 11.8 Å². The lowest BCUT2D eigenvalue weighted by atomic mass is 9.69. The van der Waals surface area contributed by atoms with Gasteiger partial charge in [0, 0.05) is 37.2 Å². The fraction of sp³-hybridized carbons (Fsp3) is 0.483. The highest BCUT2D eigenvalue weighted by Gasteiger charge is 2.47. The number of hydrogen-bond donors (Lipinski definition) is 0. The molecule has 38 heavy (non-hydrogen) atoms. The standard InChI is InChI=1S/C29H29F6NO2/c1-17(20-11-21(28(30,31)32)13-22(12-20)29(33,34)35)38-26-10-7-19-15-36(23-8-9-24(37)14-23)16-25(19)27(26)18-5-3-2-4-6-18/h2-6,11-14,17,19,25-27H,7-10,15-16H2,1H3/t17-,19-,25-,26+,27+/m1/s1. The number of hydrogen-bond acceptors (Lipinski definition) is 3. The van der Waals surface area contributed by atoms with Gasteiger partial charge in [-0.25, -0.2) is 0 Å². The molecule has 2 aromatic rings. The molecule has 9 heteroatoms. The first-order valence-electron chi connectivity index (χ1n) is 12.9. The number of benzene rings is 2. The van der Waals surface area contributed by atoms with Gasteiger partial charge in [-0.3, -0.25) is 4.79 Å². The van der Waals surface area contributed by atoms with Crippen molar-refractivity contribution < 1.29 is 35.9 Å². The second-order valence-corrected chi connectivity index (χ2v) is 10.6. The van der Waals surface area contributed by atoms with Crippen molar-refractivity contribution in [3.8, 4) is 0 Å². The average molecular weight is 538 g/mol. The van der Waals surface area contributed by atoms with E-state index in [2.05, 4.69) is 4.90 Å². The number of allylic oxidation sites excluding steroid dienone is 2. The van der Waals surface area contributed by atoms with Crippen molar-refractivity contribution in [1.82, 2.24) is 4.90 Å². The molecule has 0 amide bonds. The minimum absolute atomic E-state index is 0.0759. The van der Waals surface area contributed by atoms with Gasteiger partial charge >= 0.3 is 12.4 Å². The quantitative estimate of drug-likeness (QED) is 0.369. The van der Waals surface area contributed by atoms with Crippen LogP contribution in [0.25, 0.3) is 0 Å². The van der Waals surface area contributed by atoms with Crippen LogP contribution in [0.4, 0.5) is 26.3 Å². The number of ether oxygens (including phenoxy) is 1. The van der Waals surface area contributed by atoms with Crippen LogP contribution >= 0.6 is 0 Å². The van der Waals surface area contributed by atoms with Gasteiger partial charge < -0.3 is 9.64 Å². The van der Waals surface area contributed by atoms with Gasteiger partial charge in [-0.15, -0.1) is 0 Å². The Morgan fingerprint density at radius 1 is 0.895 bits per heavy atom. The van der Waals surface area contributed by atoms with E-state index in [0.29, 0.717) is 18.8 Å². The predicted octanol–water partition coefficient (Wildman–Crippen LogP) is 7.54. The maximum Gasteiger partial charge on any atom is 0.416 e. The third kappa shape index (κ3) is 5.48. The Kier molecular flexibility index (Phi) is 7.09. The number of halogens is 6. The van der Waals surface area contributed by atoms with Crippen LogP contribution in [0.2, 0.25) is 0 Å². The van der Waals surface area contributed by atoms with Crippen molar-refractivity contribution in [2.75, 3.05) is 13.1 Å². The Morgan fingerprint density at radius 3 is 2.13 bits per heavy atom. The van der Waals surface area contributed by atoms with Gasteiger partial charge in [0.2, 0.25) is 0 Å². The molecule has 0 bridgehead atoms. The largest absolute Gasteiger partial charge is 0.416 e. The summed E-state index contributed by atoms with van der Waals surface area (Å²) in [6.45, 7) is 3.08. The molecule has 0 radical (unpaired) electrons. The van der Waals surface area contributed by atoms with E-state index < -0.39 is 29.6 Å². The molecule has 0 aromatic heterocycles. The Bertz CT molecular complexity index is 1170. The summed E-state index contributed by atoms with van der Waals surface area (Å²) in [6.07, 6.45) is -6.74. The highest BCUT2D eigenvalue weighted by atomic mass is 19.4. The minimum atomic E-state index is -4.91. The summed E-state index contributed by atoms with van der Waals surface area (Å²) < 4.78 is 87.0. The molecule has 1 saturated carbocycles. The highest BCUT2D eigenvalue weighted by molar-refractivity contribution is 5.92. The normalized spacial score (nSPS) is 26.9. The Balaban J connectivity index is 1.43. The van der Waals surface area contributed by atoms with Crippen LogP contribution in [0.3, 0.4) is 0 Å². The zero-order valence-corrected chi connectivity index (χ0v) is 20.9. The van der Waals surface area contributed by atoms with Crippen LogP contribution < -0.4 is 0 Å². The lowest BCUT2D eigenvalue weighted by molar-refractivity contribution is -0.143. The minimum Gasteiger partial charge on any atom is -0.374 e. The van der Waals surface area contributed by atoms with Gasteiger partial charge in [0.25, 0.3) is 0 Å². The second-order valence-electron chi connectivity index (χ2n) is 10.6. The van der Waals surface area contributed by atoms with E-state index in [9.17, 15) is 31.1 Å². The lowest BCUT2D eigenvalue weighted by Crippen LogP contribution is -2.38. The van der Waals surface area contributed by atoms with Crippen LogP contribution in [0.15, 0.2) is 60.3 Å². The van der Waals surface area contributed by atoms with Gasteiger partial charge in [0.15, 0.2) is 5.78 Å². The number of nitrogens with zero attached hydrogens (tertiary/aromatic N) is 1. The first-order valence-corrected chi connectivity index (χ1v) is 12.9. The van der Waals surface area contributed by atoms with Crippen molar-refractivity contribution in [3.63, 3.8) is 0 Å². The van der Waals surface area contributed by atoms with Crippen molar-refractivity contribution in [2.45, 2.75) is 63.1 Å². The zero-order valence-electron chi connectivity index (χ0n) is 20.9. The molecule has 2 fully saturated rings. The fourth-order valence-corrected chi connectivity index (χ4v) is 6.35. The molecule has 1 saturated heterocycles. The second kappa shape index (κ2) is 10.1. The van der Waals surface area contributed by atoms with Gasteiger partial charge in [0.05, 0.1) is 23.3 Å². The summed E-state index contributed by atoms with van der Waals surface area (Å²) in [5.74, 6) is 0.598. The topological polar surface area (TPSA) is 29.5 Å². The Labute approximate surface area is 217 Å². The molecule has 5 rings (SSSR count). The van der Waals surface area contributed by atoms with E-state index >= 15 is 0 Å². The number of carbonyl (C=O) groups excluding carboxylic acids is 1. The maximum absolute atomic E-state index is 13.4. The number of likely N-dealkylation sites (tertiary alicyclic amines) is 1. The van der Waals surface area contributed by atoms with Crippen molar-refractivity contribution in [3.05, 3.63) is 82.6 Å². The van der Waals surface area contributed by atoms with E-state index in [1.807, 2.05) is 30.3 Å². The zero-order chi connectivity index (χ0) is 27.2. The SMILES string of the molecule is C[C@@H](O[C@H]1CC[C@@H]2CN(C3=CC(=O)CC3)C[C@H]2[C@@H]1c1ccccc1)c1cc(C(F)(F)F)cc(C(F)(F)F)c1. The van der Waals surface area contributed by atoms with Gasteiger partial charge in [-0.05, 0) is 67.3 Å². The van der Waals surface area contributed by atoms with Crippen molar-refractivity contribution in [1.29, 1.82) is 0 Å². The molecular formula is C29H29F6NO2. The number of fused-ring (bicyclic) bond motifs is 1. The molecular weight excluding hydrogens is 508 g/mol. The highest BCUT2D eigenvalue weighted by Crippen LogP contribution is 2.49. The summed E-state index contributed by atoms with van der Waals surface area (Å²) >= 11 is 0. The molecule has 0 unspecified atom stereocenters. The summed E-state index contributed by atoms with van der Waals surface area (Å²) in [4.78, 5) is 14.1.